The van der Waals surface area contributed by atoms with Gasteiger partial charge in [-0.1, -0.05) is 11.6 Å². The molecule has 0 bridgehead atoms. The maximum absolute atomic E-state index is 13.3. The zero-order valence-electron chi connectivity index (χ0n) is 8.82. The molecule has 2 aromatic rings. The number of hydrogen-bond donors (Lipinski definition) is 1. The lowest BCUT2D eigenvalue weighted by Crippen LogP contribution is -1.97. The molecule has 92 valence electrons. The third-order valence-corrected chi connectivity index (χ3v) is 2.65. The van der Waals surface area contributed by atoms with E-state index in [1.54, 1.807) is 0 Å². The van der Waals surface area contributed by atoms with Crippen LogP contribution in [0.1, 0.15) is 10.4 Å². The molecule has 0 unspecified atom stereocenters. The Morgan fingerprint density at radius 1 is 1.22 bits per heavy atom. The Hall–Kier alpha value is -2.01. The second-order valence-electron chi connectivity index (χ2n) is 3.49. The molecule has 0 aliphatic rings. The Balaban J connectivity index is 2.55. The molecule has 0 aliphatic heterocycles. The Labute approximate surface area is 106 Å². The molecule has 1 aromatic heterocycles. The van der Waals surface area contributed by atoms with Gasteiger partial charge in [-0.25, -0.2) is 13.6 Å². The number of aromatic carboxylic acids is 1. The molecule has 0 fully saturated rings. The van der Waals surface area contributed by atoms with Crippen molar-refractivity contribution in [2.24, 2.45) is 0 Å². The van der Waals surface area contributed by atoms with E-state index in [-0.39, 0.29) is 16.8 Å². The molecule has 6 heteroatoms. The molecule has 18 heavy (non-hydrogen) atoms. The van der Waals surface area contributed by atoms with Crippen molar-refractivity contribution in [1.29, 1.82) is 0 Å². The smallest absolute Gasteiger partial charge is 0.335 e. The third-order valence-electron chi connectivity index (χ3n) is 2.29. The Morgan fingerprint density at radius 2 is 1.83 bits per heavy atom. The van der Waals surface area contributed by atoms with Crippen LogP contribution in [0.5, 0.6) is 0 Å². The van der Waals surface area contributed by atoms with Gasteiger partial charge < -0.3 is 5.11 Å². The first-order valence-electron chi connectivity index (χ1n) is 4.83. The van der Waals surface area contributed by atoms with Gasteiger partial charge >= 0.3 is 5.97 Å². The summed E-state index contributed by atoms with van der Waals surface area (Å²) in [4.78, 5) is 14.6. The van der Waals surface area contributed by atoms with Crippen LogP contribution in [-0.4, -0.2) is 16.1 Å². The van der Waals surface area contributed by atoms with Crippen molar-refractivity contribution in [3.05, 3.63) is 52.7 Å². The molecule has 0 radical (unpaired) electrons. The van der Waals surface area contributed by atoms with E-state index in [9.17, 15) is 13.6 Å². The van der Waals surface area contributed by atoms with E-state index in [1.807, 2.05) is 0 Å². The van der Waals surface area contributed by atoms with Crippen LogP contribution >= 0.6 is 11.6 Å². The quantitative estimate of drug-likeness (QED) is 0.850. The summed E-state index contributed by atoms with van der Waals surface area (Å²) < 4.78 is 26.5. The van der Waals surface area contributed by atoms with Gasteiger partial charge in [0.15, 0.2) is 0 Å². The number of pyridine rings is 1. The highest BCUT2D eigenvalue weighted by atomic mass is 35.5. The normalized spacial score (nSPS) is 10.4. The first-order chi connectivity index (χ1) is 8.49. The number of nitrogens with zero attached hydrogens (tertiary/aromatic N) is 1. The van der Waals surface area contributed by atoms with E-state index in [0.717, 1.165) is 12.1 Å². The predicted molar refractivity (Wildman–Crippen MR) is 61.6 cm³/mol. The molecule has 0 atom stereocenters. The van der Waals surface area contributed by atoms with Crippen molar-refractivity contribution in [2.45, 2.75) is 0 Å². The minimum absolute atomic E-state index is 0.0178. The molecular weight excluding hydrogens is 264 g/mol. The summed E-state index contributed by atoms with van der Waals surface area (Å²) in [6, 6.07) is 4.51. The van der Waals surface area contributed by atoms with E-state index in [2.05, 4.69) is 4.98 Å². The van der Waals surface area contributed by atoms with Crippen LogP contribution in [0.4, 0.5) is 8.78 Å². The average molecular weight is 270 g/mol. The second kappa shape index (κ2) is 4.70. The molecule has 1 N–H and O–H groups in total. The maximum atomic E-state index is 13.3. The molecule has 0 aliphatic carbocycles. The van der Waals surface area contributed by atoms with Gasteiger partial charge in [0.1, 0.15) is 16.7 Å². The lowest BCUT2D eigenvalue weighted by atomic mass is 10.1. The number of aromatic nitrogens is 1. The SMILES string of the molecule is O=C(O)c1ccnc(-c2cc(F)c(Cl)c(F)c2)c1. The predicted octanol–water partition coefficient (Wildman–Crippen LogP) is 3.38. The van der Waals surface area contributed by atoms with Crippen LogP contribution in [0.2, 0.25) is 5.02 Å². The fourth-order valence-corrected chi connectivity index (χ4v) is 1.53. The monoisotopic (exact) mass is 269 g/mol. The summed E-state index contributed by atoms with van der Waals surface area (Å²) in [6.07, 6.45) is 1.25. The molecule has 0 spiro atoms. The second-order valence-corrected chi connectivity index (χ2v) is 3.87. The minimum atomic E-state index is -1.14. The molecular formula is C12H6ClF2NO2. The topological polar surface area (TPSA) is 50.2 Å². The summed E-state index contributed by atoms with van der Waals surface area (Å²) in [6.45, 7) is 0. The largest absolute Gasteiger partial charge is 0.478 e. The van der Waals surface area contributed by atoms with Crippen LogP contribution in [0.15, 0.2) is 30.5 Å². The number of halogens is 3. The van der Waals surface area contributed by atoms with Gasteiger partial charge in [0, 0.05) is 11.8 Å². The fourth-order valence-electron chi connectivity index (χ4n) is 1.42. The number of benzene rings is 1. The average Bonchev–Trinajstić information content (AvgIpc) is 2.35. The highest BCUT2D eigenvalue weighted by Crippen LogP contribution is 2.26. The summed E-state index contributed by atoms with van der Waals surface area (Å²) in [5, 5.41) is 8.21. The zero-order valence-corrected chi connectivity index (χ0v) is 9.58. The Morgan fingerprint density at radius 3 is 2.39 bits per heavy atom. The lowest BCUT2D eigenvalue weighted by Gasteiger charge is -2.04. The molecule has 0 saturated carbocycles. The molecule has 3 nitrogen and oxygen atoms in total. The van der Waals surface area contributed by atoms with E-state index >= 15 is 0 Å². The highest BCUT2D eigenvalue weighted by molar-refractivity contribution is 6.31. The van der Waals surface area contributed by atoms with E-state index in [4.69, 9.17) is 16.7 Å². The Kier molecular flexibility index (Phi) is 3.25. The van der Waals surface area contributed by atoms with E-state index in [0.29, 0.717) is 0 Å². The molecule has 0 amide bonds. The molecule has 1 heterocycles. The van der Waals surface area contributed by atoms with Crippen molar-refractivity contribution in [3.63, 3.8) is 0 Å². The van der Waals surface area contributed by atoms with Gasteiger partial charge in [-0.2, -0.15) is 0 Å². The minimum Gasteiger partial charge on any atom is -0.478 e. The number of carboxylic acids is 1. The number of hydrogen-bond acceptors (Lipinski definition) is 2. The van der Waals surface area contributed by atoms with E-state index in [1.165, 1.54) is 18.3 Å². The lowest BCUT2D eigenvalue weighted by molar-refractivity contribution is 0.0697. The first kappa shape index (κ1) is 12.4. The van der Waals surface area contributed by atoms with Gasteiger partial charge in [-0.15, -0.1) is 0 Å². The molecule has 2 rings (SSSR count). The first-order valence-corrected chi connectivity index (χ1v) is 5.21. The summed E-state index contributed by atoms with van der Waals surface area (Å²) in [5.41, 5.74) is 0.262. The van der Waals surface area contributed by atoms with Gasteiger partial charge in [0.2, 0.25) is 0 Å². The van der Waals surface area contributed by atoms with Crippen LogP contribution in [0, 0.1) is 11.6 Å². The van der Waals surface area contributed by atoms with Crippen molar-refractivity contribution in [2.75, 3.05) is 0 Å². The maximum Gasteiger partial charge on any atom is 0.335 e. The van der Waals surface area contributed by atoms with E-state index < -0.39 is 22.6 Å². The summed E-state index contributed by atoms with van der Waals surface area (Å²) in [5.74, 6) is -2.99. The van der Waals surface area contributed by atoms with Crippen molar-refractivity contribution >= 4 is 17.6 Å². The third kappa shape index (κ3) is 2.31. The molecule has 1 aromatic carbocycles. The van der Waals surface area contributed by atoms with Crippen molar-refractivity contribution in [1.82, 2.24) is 4.98 Å². The fraction of sp³-hybridized carbons (Fsp3) is 0. The number of carboxylic acid groups (broad SMARTS) is 1. The number of carbonyl (C=O) groups is 1. The molecule has 0 saturated heterocycles. The van der Waals surface area contributed by atoms with Gasteiger partial charge in [-0.05, 0) is 24.3 Å². The van der Waals surface area contributed by atoms with Gasteiger partial charge in [0.25, 0.3) is 0 Å². The van der Waals surface area contributed by atoms with Crippen molar-refractivity contribution in [3.8, 4) is 11.3 Å². The summed E-state index contributed by atoms with van der Waals surface area (Å²) in [7, 11) is 0. The van der Waals surface area contributed by atoms with Gasteiger partial charge in [-0.3, -0.25) is 4.98 Å². The highest BCUT2D eigenvalue weighted by Gasteiger charge is 2.12. The van der Waals surface area contributed by atoms with Crippen molar-refractivity contribution < 1.29 is 18.7 Å². The van der Waals surface area contributed by atoms with Crippen LogP contribution in [-0.2, 0) is 0 Å². The van der Waals surface area contributed by atoms with Crippen LogP contribution in [0.3, 0.4) is 0 Å². The van der Waals surface area contributed by atoms with Gasteiger partial charge in [0.05, 0.1) is 11.3 Å². The Bertz CT molecular complexity index is 608. The number of rotatable bonds is 2. The summed E-state index contributed by atoms with van der Waals surface area (Å²) >= 11 is 5.35. The van der Waals surface area contributed by atoms with Crippen LogP contribution < -0.4 is 0 Å². The van der Waals surface area contributed by atoms with Crippen LogP contribution in [0.25, 0.3) is 11.3 Å². The zero-order chi connectivity index (χ0) is 13.3. The standard InChI is InChI=1S/C12H6ClF2NO2/c13-11-8(14)3-7(4-9(11)15)10-5-6(12(17)18)1-2-16-10/h1-5H,(H,17,18).